The lowest BCUT2D eigenvalue weighted by molar-refractivity contribution is -0.123. The lowest BCUT2D eigenvalue weighted by atomic mass is 10.0. The molecule has 0 spiro atoms. The van der Waals surface area contributed by atoms with Gasteiger partial charge >= 0.3 is 5.97 Å². The van der Waals surface area contributed by atoms with Gasteiger partial charge < -0.3 is 14.8 Å². The maximum absolute atomic E-state index is 12.5. The average Bonchev–Trinajstić information content (AvgIpc) is 3.21. The Morgan fingerprint density at radius 3 is 2.71 bits per heavy atom. The SMILES string of the molecule is COC(=O)c1cc(CNC(=O)C2CC(c3cccc(Cl)c3)NN2)ccc1OC. The number of rotatable bonds is 6. The van der Waals surface area contributed by atoms with Gasteiger partial charge in [-0.25, -0.2) is 15.6 Å². The summed E-state index contributed by atoms with van der Waals surface area (Å²) in [7, 11) is 2.80. The predicted molar refractivity (Wildman–Crippen MR) is 105 cm³/mol. The van der Waals surface area contributed by atoms with Gasteiger partial charge in [-0.1, -0.05) is 29.8 Å². The highest BCUT2D eigenvalue weighted by Gasteiger charge is 2.30. The first-order valence-electron chi connectivity index (χ1n) is 8.81. The topological polar surface area (TPSA) is 88.7 Å². The van der Waals surface area contributed by atoms with E-state index in [1.807, 2.05) is 24.3 Å². The highest BCUT2D eigenvalue weighted by atomic mass is 35.5. The molecule has 0 saturated carbocycles. The van der Waals surface area contributed by atoms with E-state index in [0.29, 0.717) is 22.8 Å². The summed E-state index contributed by atoms with van der Waals surface area (Å²) in [5.41, 5.74) is 8.26. The number of methoxy groups -OCH3 is 2. The van der Waals surface area contributed by atoms with E-state index in [0.717, 1.165) is 11.1 Å². The molecule has 2 aromatic carbocycles. The quantitative estimate of drug-likeness (QED) is 0.642. The van der Waals surface area contributed by atoms with E-state index in [9.17, 15) is 9.59 Å². The van der Waals surface area contributed by atoms with E-state index in [1.165, 1.54) is 14.2 Å². The maximum Gasteiger partial charge on any atom is 0.341 e. The monoisotopic (exact) mass is 403 g/mol. The number of hydrogen-bond acceptors (Lipinski definition) is 6. The number of nitrogens with one attached hydrogen (secondary N) is 3. The van der Waals surface area contributed by atoms with Crippen LogP contribution in [0, 0.1) is 0 Å². The molecule has 1 aliphatic heterocycles. The highest BCUT2D eigenvalue weighted by Crippen LogP contribution is 2.25. The zero-order chi connectivity index (χ0) is 20.1. The fraction of sp³-hybridized carbons (Fsp3) is 0.300. The number of benzene rings is 2. The summed E-state index contributed by atoms with van der Waals surface area (Å²) in [5.74, 6) is -0.198. The average molecular weight is 404 g/mol. The van der Waals surface area contributed by atoms with Crippen molar-refractivity contribution in [2.24, 2.45) is 0 Å². The number of ether oxygens (including phenoxy) is 2. The molecule has 1 amide bonds. The fourth-order valence-electron chi connectivity index (χ4n) is 3.12. The number of amides is 1. The van der Waals surface area contributed by atoms with Gasteiger partial charge in [0, 0.05) is 17.6 Å². The van der Waals surface area contributed by atoms with Crippen molar-refractivity contribution < 1.29 is 19.1 Å². The number of esters is 1. The second kappa shape index (κ2) is 9.05. The van der Waals surface area contributed by atoms with E-state index in [2.05, 4.69) is 16.2 Å². The molecule has 2 aromatic rings. The van der Waals surface area contributed by atoms with Crippen LogP contribution in [-0.4, -0.2) is 32.1 Å². The zero-order valence-electron chi connectivity index (χ0n) is 15.6. The normalized spacial score (nSPS) is 18.5. The van der Waals surface area contributed by atoms with Crippen LogP contribution in [0.25, 0.3) is 0 Å². The molecule has 3 rings (SSSR count). The van der Waals surface area contributed by atoms with Gasteiger partial charge in [-0.05, 0) is 41.8 Å². The van der Waals surface area contributed by atoms with E-state index >= 15 is 0 Å². The Balaban J connectivity index is 1.59. The first kappa shape index (κ1) is 20.1. The molecule has 148 valence electrons. The molecule has 1 aliphatic rings. The molecule has 0 bridgehead atoms. The smallest absolute Gasteiger partial charge is 0.341 e. The van der Waals surface area contributed by atoms with Crippen LogP contribution in [0.15, 0.2) is 42.5 Å². The van der Waals surface area contributed by atoms with Crippen LogP contribution in [0.1, 0.15) is 33.9 Å². The Hall–Kier alpha value is -2.61. The lowest BCUT2D eigenvalue weighted by Crippen LogP contribution is -2.42. The van der Waals surface area contributed by atoms with Crippen molar-refractivity contribution in [3.63, 3.8) is 0 Å². The number of halogens is 1. The maximum atomic E-state index is 12.5. The summed E-state index contributed by atoms with van der Waals surface area (Å²) in [4.78, 5) is 24.4. The van der Waals surface area contributed by atoms with Gasteiger partial charge in [0.05, 0.1) is 14.2 Å². The van der Waals surface area contributed by atoms with Crippen LogP contribution >= 0.6 is 11.6 Å². The van der Waals surface area contributed by atoms with Crippen LogP contribution in [-0.2, 0) is 16.1 Å². The van der Waals surface area contributed by atoms with Gasteiger partial charge in [0.15, 0.2) is 0 Å². The minimum absolute atomic E-state index is 0.00126. The van der Waals surface area contributed by atoms with Crippen molar-refractivity contribution in [2.75, 3.05) is 14.2 Å². The third kappa shape index (κ3) is 4.62. The van der Waals surface area contributed by atoms with Gasteiger partial charge in [-0.3, -0.25) is 4.79 Å². The second-order valence-corrected chi connectivity index (χ2v) is 6.87. The molecule has 3 N–H and O–H groups in total. The molecule has 28 heavy (non-hydrogen) atoms. The van der Waals surface area contributed by atoms with Gasteiger partial charge in [-0.15, -0.1) is 0 Å². The first-order valence-corrected chi connectivity index (χ1v) is 9.19. The van der Waals surface area contributed by atoms with Crippen molar-refractivity contribution in [2.45, 2.75) is 25.0 Å². The van der Waals surface area contributed by atoms with E-state index in [-0.39, 0.29) is 24.5 Å². The van der Waals surface area contributed by atoms with Crippen LogP contribution in [0.3, 0.4) is 0 Å². The van der Waals surface area contributed by atoms with Crippen LogP contribution in [0.2, 0.25) is 5.02 Å². The molecule has 1 saturated heterocycles. The molecule has 7 nitrogen and oxygen atoms in total. The molecule has 0 aromatic heterocycles. The Kier molecular flexibility index (Phi) is 6.51. The minimum Gasteiger partial charge on any atom is -0.496 e. The Bertz CT molecular complexity index is 874. The summed E-state index contributed by atoms with van der Waals surface area (Å²) < 4.78 is 9.95. The summed E-state index contributed by atoms with van der Waals surface area (Å²) >= 11 is 6.04. The molecular weight excluding hydrogens is 382 g/mol. The molecule has 1 heterocycles. The molecule has 1 fully saturated rings. The Morgan fingerprint density at radius 2 is 2.00 bits per heavy atom. The summed E-state index contributed by atoms with van der Waals surface area (Å²) in [6, 6.07) is 12.3. The molecular formula is C20H22ClN3O4. The van der Waals surface area contributed by atoms with Crippen LogP contribution < -0.4 is 20.9 Å². The molecule has 0 aliphatic carbocycles. The van der Waals surface area contributed by atoms with Crippen molar-refractivity contribution in [3.8, 4) is 5.75 Å². The van der Waals surface area contributed by atoms with Gasteiger partial charge in [-0.2, -0.15) is 0 Å². The molecule has 0 radical (unpaired) electrons. The van der Waals surface area contributed by atoms with E-state index in [1.54, 1.807) is 18.2 Å². The highest BCUT2D eigenvalue weighted by molar-refractivity contribution is 6.30. The van der Waals surface area contributed by atoms with Crippen LogP contribution in [0.4, 0.5) is 0 Å². The fourth-order valence-corrected chi connectivity index (χ4v) is 3.32. The Labute approximate surface area is 168 Å². The van der Waals surface area contributed by atoms with E-state index < -0.39 is 5.97 Å². The third-order valence-electron chi connectivity index (χ3n) is 4.61. The van der Waals surface area contributed by atoms with E-state index in [4.69, 9.17) is 21.1 Å². The first-order chi connectivity index (χ1) is 13.5. The number of carbonyl (C=O) groups is 2. The molecule has 8 heteroatoms. The second-order valence-electron chi connectivity index (χ2n) is 6.43. The summed E-state index contributed by atoms with van der Waals surface area (Å²) in [6.07, 6.45) is 0.599. The van der Waals surface area contributed by atoms with Crippen molar-refractivity contribution in [1.29, 1.82) is 0 Å². The van der Waals surface area contributed by atoms with Crippen LogP contribution in [0.5, 0.6) is 5.75 Å². The lowest BCUT2D eigenvalue weighted by Gasteiger charge is -2.12. The van der Waals surface area contributed by atoms with Gasteiger partial charge in [0.2, 0.25) is 5.91 Å². The largest absolute Gasteiger partial charge is 0.496 e. The third-order valence-corrected chi connectivity index (χ3v) is 4.84. The Morgan fingerprint density at radius 1 is 1.18 bits per heavy atom. The number of hydrogen-bond donors (Lipinski definition) is 3. The van der Waals surface area contributed by atoms with Gasteiger partial charge in [0.1, 0.15) is 17.4 Å². The summed E-state index contributed by atoms with van der Waals surface area (Å²) in [6.45, 7) is 0.285. The molecule has 2 unspecified atom stereocenters. The van der Waals surface area contributed by atoms with Crippen molar-refractivity contribution >= 4 is 23.5 Å². The van der Waals surface area contributed by atoms with Crippen molar-refractivity contribution in [3.05, 3.63) is 64.2 Å². The summed E-state index contributed by atoms with van der Waals surface area (Å²) in [5, 5.41) is 3.55. The predicted octanol–water partition coefficient (Wildman–Crippen LogP) is 2.36. The minimum atomic E-state index is -0.490. The zero-order valence-corrected chi connectivity index (χ0v) is 16.4. The number of hydrazine groups is 1. The standard InChI is InChI=1S/C20H22ClN3O4/c1-27-18-7-6-12(8-15(18)20(26)28-2)11-22-19(25)17-10-16(23-24-17)13-4-3-5-14(21)9-13/h3-9,16-17,23-24H,10-11H2,1-2H3,(H,22,25). The van der Waals surface area contributed by atoms with Gasteiger partial charge in [0.25, 0.3) is 0 Å². The molecule has 2 atom stereocenters. The van der Waals surface area contributed by atoms with Crippen molar-refractivity contribution in [1.82, 2.24) is 16.2 Å². The number of carbonyl (C=O) groups excluding carboxylic acids is 2.